The molecule has 4 nitrogen and oxygen atoms in total. The molecule has 0 saturated heterocycles. The van der Waals surface area contributed by atoms with Gasteiger partial charge < -0.3 is 6.92 Å². The third-order valence-corrected chi connectivity index (χ3v) is 3.85. The van der Waals surface area contributed by atoms with Gasteiger partial charge in [-0.3, -0.25) is 9.11 Å². The molecule has 0 atom stereocenters. The van der Waals surface area contributed by atoms with Gasteiger partial charge in [0.25, 0.3) is 0 Å². The van der Waals surface area contributed by atoms with E-state index in [2.05, 4.69) is 13.8 Å². The molecule has 142 valence electrons. The molecule has 0 unspecified atom stereocenters. The first kappa shape index (κ1) is 29.2. The number of rotatable bonds is 15. The summed E-state index contributed by atoms with van der Waals surface area (Å²) < 4.78 is 31.6. The van der Waals surface area contributed by atoms with Crippen molar-refractivity contribution in [1.82, 2.24) is 0 Å². The first-order chi connectivity index (χ1) is 10.9. The fourth-order valence-corrected chi connectivity index (χ4v) is 2.55. The number of hydrogen-bond acceptors (Lipinski definition) is 2. The molecule has 0 aromatic carbocycles. The van der Waals surface area contributed by atoms with Crippen LogP contribution in [0.3, 0.4) is 0 Å². The molecule has 0 aromatic rings. The van der Waals surface area contributed by atoms with Crippen LogP contribution in [0.2, 0.25) is 0 Å². The van der Waals surface area contributed by atoms with Crippen LogP contribution in [0.15, 0.2) is 0 Å². The van der Waals surface area contributed by atoms with Gasteiger partial charge >= 0.3 is 29.3 Å². The zero-order chi connectivity index (χ0) is 17.8. The maximum Gasteiger partial charge on any atom is 1.00 e. The molecule has 0 aliphatic carbocycles. The Labute approximate surface area is 163 Å². The van der Waals surface area contributed by atoms with Gasteiger partial charge in [-0.2, -0.15) is 14.8 Å². The second-order valence-electron chi connectivity index (χ2n) is 6.25. The molecule has 6 heteroatoms. The molecule has 0 radical (unpaired) electrons. The Bertz CT molecular complexity index is 284. The van der Waals surface area contributed by atoms with E-state index in [4.69, 9.17) is 17.5 Å². The predicted octanol–water partition coefficient (Wildman–Crippen LogP) is 3.43. The van der Waals surface area contributed by atoms with Crippen molar-refractivity contribution in [2.24, 2.45) is 0 Å². The molecular weight excluding hydrogens is 319 g/mol. The minimum Gasteiger partial charge on any atom is -0.343 e. The van der Waals surface area contributed by atoms with Crippen molar-refractivity contribution in [3.63, 3.8) is 0 Å². The van der Waals surface area contributed by atoms with Crippen LogP contribution in [-0.4, -0.2) is 17.5 Å². The molecule has 0 rings (SSSR count). The van der Waals surface area contributed by atoms with Gasteiger partial charge in [-0.05, 0) is 0 Å². The fraction of sp³-hybridized carbons (Fsp3) is 0.944. The molecule has 0 aliphatic heterocycles. The van der Waals surface area contributed by atoms with Crippen LogP contribution in [0, 0.1) is 6.92 Å². The summed E-state index contributed by atoms with van der Waals surface area (Å²) in [6, 6.07) is 0. The molecule has 0 bridgehead atoms. The van der Waals surface area contributed by atoms with Crippen molar-refractivity contribution in [3.8, 4) is 0 Å². The van der Waals surface area contributed by atoms with Crippen LogP contribution < -0.4 is 18.9 Å². The second kappa shape index (κ2) is 23.5. The molecule has 0 saturated carbocycles. The number of hydrogen-bond donors (Lipinski definition) is 2. The Morgan fingerprint density at radius 1 is 0.625 bits per heavy atom. The van der Waals surface area contributed by atoms with Crippen molar-refractivity contribution in [1.29, 1.82) is 0 Å². The summed E-state index contributed by atoms with van der Waals surface area (Å²) in [5.74, 6) is 0. The maximum atomic E-state index is 8.74. The van der Waals surface area contributed by atoms with Crippen LogP contribution in [0.5, 0.6) is 0 Å². The minimum absolute atomic E-state index is 0. The van der Waals surface area contributed by atoms with E-state index in [1.54, 1.807) is 0 Å². The molecular formula is C18H39LiO4S. The molecule has 0 aliphatic rings. The van der Waals surface area contributed by atoms with Gasteiger partial charge in [-0.15, -0.1) is 0 Å². The minimum atomic E-state index is -4.67. The summed E-state index contributed by atoms with van der Waals surface area (Å²) in [5.41, 5.74) is 0. The average Bonchev–Trinajstić information content (AvgIpc) is 2.46. The molecule has 24 heavy (non-hydrogen) atoms. The molecule has 0 fully saturated rings. The van der Waals surface area contributed by atoms with Crippen LogP contribution in [0.25, 0.3) is 0 Å². The van der Waals surface area contributed by atoms with Gasteiger partial charge in [0.2, 0.25) is 0 Å². The summed E-state index contributed by atoms with van der Waals surface area (Å²) in [7, 11) is -4.67. The SMILES string of the molecule is O=S(=O)(O)O.[CH2-]CCCCCCCCCCCCCCCCC.[Li+]. The Morgan fingerprint density at radius 2 is 0.833 bits per heavy atom. The summed E-state index contributed by atoms with van der Waals surface area (Å²) in [6.45, 7) is 6.18. The first-order valence-electron chi connectivity index (χ1n) is 9.41. The zero-order valence-electron chi connectivity index (χ0n) is 16.1. The summed E-state index contributed by atoms with van der Waals surface area (Å²) >= 11 is 0. The van der Waals surface area contributed by atoms with Crippen LogP contribution in [0.1, 0.15) is 110 Å². The van der Waals surface area contributed by atoms with E-state index in [1.165, 1.54) is 96.3 Å². The van der Waals surface area contributed by atoms with Gasteiger partial charge in [-0.25, -0.2) is 0 Å². The Hall–Kier alpha value is 0.467. The average molecular weight is 359 g/mol. The summed E-state index contributed by atoms with van der Waals surface area (Å²) in [4.78, 5) is 0. The quantitative estimate of drug-likeness (QED) is 0.204. The maximum absolute atomic E-state index is 8.74. The summed E-state index contributed by atoms with van der Waals surface area (Å²) in [5, 5.41) is 0. The Kier molecular flexibility index (Phi) is 28.6. The first-order valence-corrected chi connectivity index (χ1v) is 10.8. The molecule has 0 heterocycles. The predicted molar refractivity (Wildman–Crippen MR) is 99.1 cm³/mol. The van der Waals surface area contributed by atoms with Crippen molar-refractivity contribution >= 4 is 10.4 Å². The van der Waals surface area contributed by atoms with Gasteiger partial charge in [0.15, 0.2) is 0 Å². The third-order valence-electron chi connectivity index (χ3n) is 3.85. The van der Waals surface area contributed by atoms with Crippen molar-refractivity contribution in [3.05, 3.63) is 6.92 Å². The standard InChI is InChI=1S/C18H37.Li.H2O4S/c1-3-5-7-9-11-13-15-17-18-16-14-12-10-8-6-4-2;;1-5(2,3)4/h1,3-18H2,2H3;;(H2,1,2,3,4)/q-1;+1;. The fourth-order valence-electron chi connectivity index (χ4n) is 2.55. The molecule has 0 spiro atoms. The van der Waals surface area contributed by atoms with E-state index < -0.39 is 10.4 Å². The monoisotopic (exact) mass is 358 g/mol. The molecule has 0 aromatic heterocycles. The van der Waals surface area contributed by atoms with Crippen LogP contribution in [0.4, 0.5) is 0 Å². The Balaban J connectivity index is -0.000000639. The van der Waals surface area contributed by atoms with E-state index in [0.29, 0.717) is 0 Å². The van der Waals surface area contributed by atoms with Gasteiger partial charge in [0.1, 0.15) is 0 Å². The van der Waals surface area contributed by atoms with E-state index in [0.717, 1.165) is 6.42 Å². The van der Waals surface area contributed by atoms with E-state index >= 15 is 0 Å². The smallest absolute Gasteiger partial charge is 0.343 e. The van der Waals surface area contributed by atoms with Crippen molar-refractivity contribution < 1.29 is 36.4 Å². The van der Waals surface area contributed by atoms with Crippen LogP contribution >= 0.6 is 0 Å². The molecule has 0 amide bonds. The van der Waals surface area contributed by atoms with E-state index in [1.807, 2.05) is 0 Å². The molecule has 2 N–H and O–H groups in total. The van der Waals surface area contributed by atoms with Crippen LogP contribution in [-0.2, 0) is 10.4 Å². The number of unbranched alkanes of at least 4 members (excludes halogenated alkanes) is 15. The Morgan fingerprint density at radius 3 is 1.04 bits per heavy atom. The normalized spacial score (nSPS) is 10.7. The summed E-state index contributed by atoms with van der Waals surface area (Å²) in [6.07, 6.45) is 22.8. The largest absolute Gasteiger partial charge is 1.00 e. The van der Waals surface area contributed by atoms with Gasteiger partial charge in [0.05, 0.1) is 0 Å². The van der Waals surface area contributed by atoms with Gasteiger partial charge in [-0.1, -0.05) is 103 Å². The van der Waals surface area contributed by atoms with Gasteiger partial charge in [0, 0.05) is 0 Å². The van der Waals surface area contributed by atoms with Crippen molar-refractivity contribution in [2.45, 2.75) is 110 Å². The van der Waals surface area contributed by atoms with E-state index in [-0.39, 0.29) is 18.9 Å². The van der Waals surface area contributed by atoms with E-state index in [9.17, 15) is 0 Å². The third kappa shape index (κ3) is 43.3. The van der Waals surface area contributed by atoms with Crippen molar-refractivity contribution in [2.75, 3.05) is 0 Å². The second-order valence-corrected chi connectivity index (χ2v) is 7.15. The topological polar surface area (TPSA) is 74.6 Å². The zero-order valence-corrected chi connectivity index (χ0v) is 17.0.